The average molecular weight is 424 g/mol. The van der Waals surface area contributed by atoms with E-state index in [-0.39, 0.29) is 26.2 Å². The van der Waals surface area contributed by atoms with Crippen LogP contribution in [0, 0.1) is 13.0 Å². The van der Waals surface area contributed by atoms with Crippen LogP contribution in [0.3, 0.4) is 0 Å². The summed E-state index contributed by atoms with van der Waals surface area (Å²) < 4.78 is 0. The maximum atomic E-state index is 2.89. The van der Waals surface area contributed by atoms with E-state index >= 15 is 0 Å². The van der Waals surface area contributed by atoms with Gasteiger partial charge >= 0.3 is 26.2 Å². The molecule has 0 heterocycles. The van der Waals surface area contributed by atoms with Crippen molar-refractivity contribution in [2.75, 3.05) is 0 Å². The molecule has 0 unspecified atom stereocenters. The molecule has 0 nitrogen and oxygen atoms in total. The van der Waals surface area contributed by atoms with Gasteiger partial charge in [0.15, 0.2) is 0 Å². The molecule has 0 saturated carbocycles. The third-order valence-corrected chi connectivity index (χ3v) is 4.58. The number of hydrogen-bond acceptors (Lipinski definition) is 0. The van der Waals surface area contributed by atoms with Gasteiger partial charge in [-0.15, -0.1) is 34.5 Å². The van der Waals surface area contributed by atoms with Crippen LogP contribution in [0.2, 0.25) is 0 Å². The molecule has 27 heavy (non-hydrogen) atoms. The molecule has 0 aliphatic heterocycles. The van der Waals surface area contributed by atoms with Gasteiger partial charge in [0, 0.05) is 0 Å². The third kappa shape index (κ3) is 4.31. The van der Waals surface area contributed by atoms with Crippen LogP contribution >= 0.6 is 0 Å². The van der Waals surface area contributed by atoms with Gasteiger partial charge in [0.2, 0.25) is 0 Å². The normalized spacial score (nSPS) is 10.1. The first-order valence-corrected chi connectivity index (χ1v) is 8.88. The molecule has 0 aliphatic carbocycles. The molecule has 0 atom stereocenters. The zero-order chi connectivity index (χ0) is 17.8. The Kier molecular flexibility index (Phi) is 6.48. The summed E-state index contributed by atoms with van der Waals surface area (Å²) in [5, 5.41) is 5.29. The fourth-order valence-electron chi connectivity index (χ4n) is 3.42. The van der Waals surface area contributed by atoms with Crippen molar-refractivity contribution in [2.45, 2.75) is 6.92 Å². The predicted octanol–water partition coefficient (Wildman–Crippen LogP) is 7.17. The van der Waals surface area contributed by atoms with Crippen molar-refractivity contribution >= 4 is 21.5 Å². The molecule has 1 heteroatoms. The molecule has 0 spiro atoms. The molecule has 0 aliphatic rings. The van der Waals surface area contributed by atoms with Crippen LogP contribution in [0.15, 0.2) is 103 Å². The van der Waals surface area contributed by atoms with E-state index in [0.717, 1.165) is 0 Å². The smallest absolute Gasteiger partial charge is 0.184 e. The molecular weight excluding hydrogens is 404 g/mol. The summed E-state index contributed by atoms with van der Waals surface area (Å²) in [5.74, 6) is 0. The Balaban J connectivity index is 0.000000259. The molecule has 5 rings (SSSR count). The van der Waals surface area contributed by atoms with E-state index in [0.29, 0.717) is 0 Å². The van der Waals surface area contributed by atoms with Crippen LogP contribution in [0.1, 0.15) is 5.56 Å². The molecule has 0 radical (unpaired) electrons. The fraction of sp³-hybridized carbons (Fsp3) is 0.0385. The first-order chi connectivity index (χ1) is 12.8. The largest absolute Gasteiger partial charge is 2.00 e. The Hall–Kier alpha value is -2.37. The van der Waals surface area contributed by atoms with Crippen LogP contribution in [0.4, 0.5) is 0 Å². The summed E-state index contributed by atoms with van der Waals surface area (Å²) >= 11 is 0. The topological polar surface area (TPSA) is 0 Å². The van der Waals surface area contributed by atoms with Crippen molar-refractivity contribution in [3.05, 3.63) is 115 Å². The predicted molar refractivity (Wildman–Crippen MR) is 112 cm³/mol. The van der Waals surface area contributed by atoms with Crippen molar-refractivity contribution in [1.29, 1.82) is 0 Å². The quantitative estimate of drug-likeness (QED) is 0.251. The zero-order valence-corrected chi connectivity index (χ0v) is 17.8. The van der Waals surface area contributed by atoms with Crippen LogP contribution in [-0.4, -0.2) is 0 Å². The summed E-state index contributed by atoms with van der Waals surface area (Å²) in [6.07, 6.45) is 0. The van der Waals surface area contributed by atoms with Crippen molar-refractivity contribution in [1.82, 2.24) is 0 Å². The Labute approximate surface area is 180 Å². The molecule has 0 amide bonds. The van der Waals surface area contributed by atoms with Gasteiger partial charge in [-0.25, -0.2) is 0 Å². The molecule has 5 aromatic rings. The van der Waals surface area contributed by atoms with Crippen LogP contribution in [-0.2, 0) is 26.2 Å². The van der Waals surface area contributed by atoms with Crippen LogP contribution in [0.25, 0.3) is 32.7 Å². The maximum Gasteiger partial charge on any atom is 2.00 e. The van der Waals surface area contributed by atoms with Crippen molar-refractivity contribution < 1.29 is 26.2 Å². The summed E-state index contributed by atoms with van der Waals surface area (Å²) in [5.41, 5.74) is 3.97. The van der Waals surface area contributed by atoms with Crippen molar-refractivity contribution in [3.63, 3.8) is 0 Å². The number of rotatable bonds is 1. The van der Waals surface area contributed by atoms with E-state index in [9.17, 15) is 0 Å². The molecule has 5 aromatic carbocycles. The van der Waals surface area contributed by atoms with Gasteiger partial charge in [-0.1, -0.05) is 61.0 Å². The van der Waals surface area contributed by atoms with Crippen LogP contribution < -0.4 is 0 Å². The van der Waals surface area contributed by atoms with Gasteiger partial charge in [-0.2, -0.15) is 42.5 Å². The van der Waals surface area contributed by atoms with Gasteiger partial charge in [-0.05, 0) is 16.3 Å². The molecule has 0 bridgehead atoms. The first-order valence-electron chi connectivity index (χ1n) is 8.88. The minimum Gasteiger partial charge on any atom is -0.184 e. The SMILES string of the molecule is Cc1cc2c(-c3cccc4ccccc34)cccc2[cH-]1.[Zr+2].[c-]1ccccc1. The van der Waals surface area contributed by atoms with Gasteiger partial charge in [-0.3, -0.25) is 0 Å². The molecule has 0 aromatic heterocycles. The zero-order valence-electron chi connectivity index (χ0n) is 15.3. The van der Waals surface area contributed by atoms with E-state index < -0.39 is 0 Å². The molecular formula is C26H20Zr. The summed E-state index contributed by atoms with van der Waals surface area (Å²) in [7, 11) is 0. The summed E-state index contributed by atoms with van der Waals surface area (Å²) in [6.45, 7) is 2.16. The van der Waals surface area contributed by atoms with Gasteiger partial charge < -0.3 is 0 Å². The van der Waals surface area contributed by atoms with E-state index in [2.05, 4.69) is 85.8 Å². The summed E-state index contributed by atoms with van der Waals surface area (Å²) in [6, 6.07) is 38.7. The monoisotopic (exact) mass is 422 g/mol. The number of fused-ring (bicyclic) bond motifs is 2. The fourth-order valence-corrected chi connectivity index (χ4v) is 3.42. The van der Waals surface area contributed by atoms with Gasteiger partial charge in [0.25, 0.3) is 0 Å². The van der Waals surface area contributed by atoms with E-state index in [1.807, 2.05) is 30.3 Å². The van der Waals surface area contributed by atoms with E-state index in [1.54, 1.807) is 0 Å². The van der Waals surface area contributed by atoms with E-state index in [4.69, 9.17) is 0 Å². The second-order valence-corrected chi connectivity index (χ2v) is 6.45. The number of benzene rings is 4. The Morgan fingerprint density at radius 3 is 2.04 bits per heavy atom. The summed E-state index contributed by atoms with van der Waals surface area (Å²) in [4.78, 5) is 0. The maximum absolute atomic E-state index is 2.89. The van der Waals surface area contributed by atoms with E-state index in [1.165, 1.54) is 38.2 Å². The molecule has 0 saturated heterocycles. The van der Waals surface area contributed by atoms with Crippen LogP contribution in [0.5, 0.6) is 0 Å². The van der Waals surface area contributed by atoms with Crippen molar-refractivity contribution in [2.24, 2.45) is 0 Å². The molecule has 0 fully saturated rings. The molecule has 128 valence electrons. The van der Waals surface area contributed by atoms with Gasteiger partial charge in [0.1, 0.15) is 0 Å². The number of hydrogen-bond donors (Lipinski definition) is 0. The average Bonchev–Trinajstić information content (AvgIpc) is 3.10. The minimum atomic E-state index is 0. The first kappa shape index (κ1) is 19.4. The number of aryl methyl sites for hydroxylation is 1. The standard InChI is InChI=1S/C20H15.C6H5.Zr/c1-14-12-16-8-5-11-19(20(16)13-14)18-10-4-7-15-6-2-3-9-17(15)18;1-2-4-6-5-3-1;/h2-13H,1H3;1-5H;/q2*-1;+2. The minimum absolute atomic E-state index is 0. The Morgan fingerprint density at radius 2 is 1.33 bits per heavy atom. The van der Waals surface area contributed by atoms with Crippen molar-refractivity contribution in [3.8, 4) is 11.1 Å². The third-order valence-electron chi connectivity index (χ3n) is 4.58. The molecule has 0 N–H and O–H groups in total. The Morgan fingerprint density at radius 1 is 0.667 bits per heavy atom. The second-order valence-electron chi connectivity index (χ2n) is 6.45. The Bertz CT molecular complexity index is 1100. The van der Waals surface area contributed by atoms with Gasteiger partial charge in [0.05, 0.1) is 0 Å². The second kappa shape index (κ2) is 9.02.